The molecule has 2 aromatic carbocycles. The second-order valence-corrected chi connectivity index (χ2v) is 5.38. The van der Waals surface area contributed by atoms with E-state index in [1.807, 2.05) is 50.2 Å². The van der Waals surface area contributed by atoms with Crippen LogP contribution in [-0.4, -0.2) is 12.5 Å². The van der Waals surface area contributed by atoms with Crippen LogP contribution in [0.5, 0.6) is 5.75 Å². The molecule has 0 spiro atoms. The van der Waals surface area contributed by atoms with E-state index in [0.29, 0.717) is 17.1 Å². The van der Waals surface area contributed by atoms with Gasteiger partial charge in [-0.15, -0.1) is 0 Å². The lowest BCUT2D eigenvalue weighted by Crippen LogP contribution is -2.21. The highest BCUT2D eigenvalue weighted by atomic mass is 16.5. The maximum atomic E-state index is 12.0. The van der Waals surface area contributed by atoms with Crippen molar-refractivity contribution in [1.29, 1.82) is 0 Å². The summed E-state index contributed by atoms with van der Waals surface area (Å²) in [4.78, 5) is 12.0. The number of aryl methyl sites for hydroxylation is 3. The highest BCUT2D eigenvalue weighted by Crippen LogP contribution is 2.24. The summed E-state index contributed by atoms with van der Waals surface area (Å²) < 4.78 is 5.49. The van der Waals surface area contributed by atoms with Crippen molar-refractivity contribution in [2.45, 2.75) is 27.2 Å². The van der Waals surface area contributed by atoms with Crippen LogP contribution < -0.4 is 15.8 Å². The molecule has 0 aliphatic heterocycles. The van der Waals surface area contributed by atoms with Gasteiger partial charge in [0.15, 0.2) is 6.61 Å². The Hall–Kier alpha value is -2.49. The first-order valence-corrected chi connectivity index (χ1v) is 7.38. The number of carbonyl (C=O) groups is 1. The molecule has 2 rings (SSSR count). The van der Waals surface area contributed by atoms with E-state index in [0.717, 1.165) is 17.5 Å². The van der Waals surface area contributed by atoms with Crippen LogP contribution in [0, 0.1) is 13.8 Å². The summed E-state index contributed by atoms with van der Waals surface area (Å²) in [7, 11) is 0. The molecule has 0 saturated heterocycles. The Balaban J connectivity index is 1.95. The zero-order valence-corrected chi connectivity index (χ0v) is 13.3. The minimum atomic E-state index is -0.224. The molecule has 0 unspecified atom stereocenters. The number of nitrogen functional groups attached to an aromatic ring is 1. The van der Waals surface area contributed by atoms with Crippen LogP contribution in [0.15, 0.2) is 36.4 Å². The highest BCUT2D eigenvalue weighted by Gasteiger charge is 2.09. The summed E-state index contributed by atoms with van der Waals surface area (Å²) in [5.74, 6) is 0.458. The number of hydrogen-bond acceptors (Lipinski definition) is 3. The second kappa shape index (κ2) is 6.98. The van der Waals surface area contributed by atoms with Gasteiger partial charge in [-0.1, -0.05) is 25.1 Å². The molecule has 0 bridgehead atoms. The molecule has 0 fully saturated rings. The smallest absolute Gasteiger partial charge is 0.262 e. The molecule has 116 valence electrons. The number of amides is 1. The van der Waals surface area contributed by atoms with Crippen LogP contribution in [0.2, 0.25) is 0 Å². The van der Waals surface area contributed by atoms with Crippen molar-refractivity contribution in [2.75, 3.05) is 17.7 Å². The van der Waals surface area contributed by atoms with E-state index in [1.54, 1.807) is 0 Å². The molecule has 4 nitrogen and oxygen atoms in total. The van der Waals surface area contributed by atoms with Gasteiger partial charge < -0.3 is 15.8 Å². The molecule has 0 saturated carbocycles. The Labute approximate surface area is 131 Å². The molecule has 0 aromatic heterocycles. The third kappa shape index (κ3) is 4.01. The van der Waals surface area contributed by atoms with Gasteiger partial charge in [-0.2, -0.15) is 0 Å². The first-order chi connectivity index (χ1) is 10.5. The van der Waals surface area contributed by atoms with Gasteiger partial charge in [0.1, 0.15) is 5.75 Å². The van der Waals surface area contributed by atoms with Crippen molar-refractivity contribution >= 4 is 17.3 Å². The first kappa shape index (κ1) is 15.9. The van der Waals surface area contributed by atoms with E-state index in [9.17, 15) is 4.79 Å². The molecule has 0 atom stereocenters. The monoisotopic (exact) mass is 298 g/mol. The summed E-state index contributed by atoms with van der Waals surface area (Å²) in [6.07, 6.45) is 0.979. The number of nitrogens with one attached hydrogen (secondary N) is 1. The minimum absolute atomic E-state index is 0.0434. The third-order valence-electron chi connectivity index (χ3n) is 3.48. The van der Waals surface area contributed by atoms with E-state index < -0.39 is 0 Å². The topological polar surface area (TPSA) is 64.3 Å². The molecular formula is C18H22N2O2. The van der Waals surface area contributed by atoms with Gasteiger partial charge in [0.25, 0.3) is 5.91 Å². The normalized spacial score (nSPS) is 10.3. The Kier molecular flexibility index (Phi) is 5.04. The van der Waals surface area contributed by atoms with E-state index in [2.05, 4.69) is 12.2 Å². The second-order valence-electron chi connectivity index (χ2n) is 5.38. The zero-order valence-electron chi connectivity index (χ0n) is 13.3. The maximum absolute atomic E-state index is 12.0. The number of anilines is 2. The number of hydrogen-bond donors (Lipinski definition) is 2. The van der Waals surface area contributed by atoms with E-state index in [4.69, 9.17) is 10.5 Å². The molecule has 1 amide bonds. The van der Waals surface area contributed by atoms with Crippen LogP contribution in [0.3, 0.4) is 0 Å². The summed E-state index contributed by atoms with van der Waals surface area (Å²) >= 11 is 0. The molecule has 0 heterocycles. The number of benzene rings is 2. The fourth-order valence-electron chi connectivity index (χ4n) is 2.32. The lowest BCUT2D eigenvalue weighted by molar-refractivity contribution is -0.118. The predicted molar refractivity (Wildman–Crippen MR) is 90.3 cm³/mol. The van der Waals surface area contributed by atoms with Crippen molar-refractivity contribution in [2.24, 2.45) is 0 Å². The van der Waals surface area contributed by atoms with Crippen LogP contribution in [0.25, 0.3) is 0 Å². The van der Waals surface area contributed by atoms with Gasteiger partial charge in [-0.25, -0.2) is 0 Å². The van der Waals surface area contributed by atoms with E-state index in [-0.39, 0.29) is 12.5 Å². The van der Waals surface area contributed by atoms with Crippen molar-refractivity contribution in [3.63, 3.8) is 0 Å². The third-order valence-corrected chi connectivity index (χ3v) is 3.48. The number of nitrogens with two attached hydrogens (primary N) is 1. The van der Waals surface area contributed by atoms with Gasteiger partial charge in [0, 0.05) is 0 Å². The lowest BCUT2D eigenvalue weighted by atomic mass is 10.1. The summed E-state index contributed by atoms with van der Waals surface area (Å²) in [5, 5.41) is 2.81. The molecule has 2 aromatic rings. The van der Waals surface area contributed by atoms with E-state index >= 15 is 0 Å². The van der Waals surface area contributed by atoms with Crippen molar-refractivity contribution in [3.05, 3.63) is 53.1 Å². The van der Waals surface area contributed by atoms with Gasteiger partial charge in [0.05, 0.1) is 11.4 Å². The van der Waals surface area contributed by atoms with Crippen LogP contribution >= 0.6 is 0 Å². The number of carbonyl (C=O) groups excluding carboxylic acids is 1. The molecule has 0 aliphatic rings. The maximum Gasteiger partial charge on any atom is 0.262 e. The van der Waals surface area contributed by atoms with Crippen LogP contribution in [0.1, 0.15) is 23.6 Å². The highest BCUT2D eigenvalue weighted by molar-refractivity contribution is 5.95. The molecule has 4 heteroatoms. The van der Waals surface area contributed by atoms with Crippen molar-refractivity contribution in [3.8, 4) is 5.75 Å². The van der Waals surface area contributed by atoms with Gasteiger partial charge in [0.2, 0.25) is 0 Å². The minimum Gasteiger partial charge on any atom is -0.484 e. The van der Waals surface area contributed by atoms with Gasteiger partial charge >= 0.3 is 0 Å². The van der Waals surface area contributed by atoms with Crippen LogP contribution in [-0.2, 0) is 11.2 Å². The standard InChI is InChI=1S/C18H22N2O2/c1-4-14-5-7-15(8-6-14)22-11-17(21)20-18-13(3)9-12(2)10-16(18)19/h5-10H,4,11,19H2,1-3H3,(H,20,21). The molecular weight excluding hydrogens is 276 g/mol. The van der Waals surface area contributed by atoms with E-state index in [1.165, 1.54) is 5.56 Å². The lowest BCUT2D eigenvalue weighted by Gasteiger charge is -2.13. The molecule has 0 radical (unpaired) electrons. The molecule has 0 aliphatic carbocycles. The first-order valence-electron chi connectivity index (χ1n) is 7.38. The van der Waals surface area contributed by atoms with Crippen molar-refractivity contribution in [1.82, 2.24) is 0 Å². The Morgan fingerprint density at radius 3 is 2.45 bits per heavy atom. The molecule has 22 heavy (non-hydrogen) atoms. The summed E-state index contributed by atoms with van der Waals surface area (Å²) in [6.45, 7) is 5.94. The fourth-order valence-corrected chi connectivity index (χ4v) is 2.32. The average Bonchev–Trinajstić information content (AvgIpc) is 2.49. The summed E-state index contributed by atoms with van der Waals surface area (Å²) in [6, 6.07) is 11.6. The Morgan fingerprint density at radius 1 is 1.18 bits per heavy atom. The van der Waals surface area contributed by atoms with Gasteiger partial charge in [-0.3, -0.25) is 4.79 Å². The SMILES string of the molecule is CCc1ccc(OCC(=O)Nc2c(C)cc(C)cc2N)cc1. The fraction of sp³-hybridized carbons (Fsp3) is 0.278. The van der Waals surface area contributed by atoms with Crippen molar-refractivity contribution < 1.29 is 9.53 Å². The predicted octanol–water partition coefficient (Wildman–Crippen LogP) is 3.47. The Morgan fingerprint density at radius 2 is 1.86 bits per heavy atom. The number of rotatable bonds is 5. The summed E-state index contributed by atoms with van der Waals surface area (Å²) in [5.41, 5.74) is 10.4. The average molecular weight is 298 g/mol. The Bertz CT molecular complexity index is 640. The van der Waals surface area contributed by atoms with Crippen LogP contribution in [0.4, 0.5) is 11.4 Å². The number of ether oxygens (including phenoxy) is 1. The molecule has 3 N–H and O–H groups in total. The van der Waals surface area contributed by atoms with Gasteiger partial charge in [-0.05, 0) is 55.2 Å². The largest absolute Gasteiger partial charge is 0.484 e. The quantitative estimate of drug-likeness (QED) is 0.831. The zero-order chi connectivity index (χ0) is 16.1.